The zero-order valence-corrected chi connectivity index (χ0v) is 15.1. The topological polar surface area (TPSA) is 69.2 Å². The minimum Gasteiger partial charge on any atom is -0.387 e. The van der Waals surface area contributed by atoms with E-state index in [2.05, 4.69) is 10.2 Å². The Morgan fingerprint density at radius 3 is 3.04 bits per heavy atom. The number of aliphatic hydroxyl groups is 1. The molecule has 1 amide bonds. The summed E-state index contributed by atoms with van der Waals surface area (Å²) >= 11 is 1.57. The SMILES string of the molecule is Cc1n[nH]c(C)c1CCC(=O)N1CCCC1CC(O)c1cccs1. The molecule has 2 unspecified atom stereocenters. The average molecular weight is 347 g/mol. The van der Waals surface area contributed by atoms with Crippen LogP contribution in [0.15, 0.2) is 17.5 Å². The fourth-order valence-corrected chi connectivity index (χ4v) is 4.31. The van der Waals surface area contributed by atoms with Crippen molar-refractivity contribution < 1.29 is 9.90 Å². The number of hydrogen-bond acceptors (Lipinski definition) is 4. The number of likely N-dealkylation sites (tertiary alicyclic amines) is 1. The first kappa shape index (κ1) is 17.2. The highest BCUT2D eigenvalue weighted by molar-refractivity contribution is 7.10. The third kappa shape index (κ3) is 3.70. The summed E-state index contributed by atoms with van der Waals surface area (Å²) in [6, 6.07) is 4.07. The van der Waals surface area contributed by atoms with Crippen LogP contribution in [0.5, 0.6) is 0 Å². The molecule has 6 heteroatoms. The first-order valence-electron chi connectivity index (χ1n) is 8.57. The first-order valence-corrected chi connectivity index (χ1v) is 9.45. The van der Waals surface area contributed by atoms with Crippen molar-refractivity contribution in [3.63, 3.8) is 0 Å². The molecule has 5 nitrogen and oxygen atoms in total. The number of aliphatic hydroxyl groups excluding tert-OH is 1. The van der Waals surface area contributed by atoms with Crippen molar-refractivity contribution in [3.8, 4) is 0 Å². The maximum atomic E-state index is 12.7. The van der Waals surface area contributed by atoms with E-state index < -0.39 is 6.10 Å². The van der Waals surface area contributed by atoms with E-state index in [1.165, 1.54) is 0 Å². The summed E-state index contributed by atoms with van der Waals surface area (Å²) in [6.07, 6.45) is 3.41. The zero-order chi connectivity index (χ0) is 17.1. The summed E-state index contributed by atoms with van der Waals surface area (Å²) < 4.78 is 0. The molecule has 24 heavy (non-hydrogen) atoms. The standard InChI is InChI=1S/C18H25N3O2S/c1-12-15(13(2)20-19-12)7-8-18(23)21-9-3-5-14(21)11-16(22)17-6-4-10-24-17/h4,6,10,14,16,22H,3,5,7-9,11H2,1-2H3,(H,19,20). The normalized spacial score (nSPS) is 19.0. The van der Waals surface area contributed by atoms with E-state index >= 15 is 0 Å². The Kier molecular flexibility index (Phi) is 5.36. The summed E-state index contributed by atoms with van der Waals surface area (Å²) in [6.45, 7) is 4.78. The molecule has 130 valence electrons. The minimum absolute atomic E-state index is 0.154. The lowest BCUT2D eigenvalue weighted by Gasteiger charge is -2.26. The molecule has 2 aromatic rings. The number of aryl methyl sites for hydroxylation is 2. The van der Waals surface area contributed by atoms with E-state index in [1.54, 1.807) is 11.3 Å². The van der Waals surface area contributed by atoms with Crippen molar-refractivity contribution in [1.82, 2.24) is 15.1 Å². The molecule has 2 N–H and O–H groups in total. The van der Waals surface area contributed by atoms with Gasteiger partial charge < -0.3 is 10.0 Å². The number of thiophene rings is 1. The number of aromatic amines is 1. The molecule has 1 aliphatic rings. The maximum absolute atomic E-state index is 12.7. The number of carbonyl (C=O) groups is 1. The molecule has 0 spiro atoms. The van der Waals surface area contributed by atoms with Gasteiger partial charge >= 0.3 is 0 Å². The molecule has 0 radical (unpaired) electrons. The van der Waals surface area contributed by atoms with Crippen LogP contribution in [0.1, 0.15) is 53.6 Å². The van der Waals surface area contributed by atoms with E-state index in [4.69, 9.17) is 0 Å². The van der Waals surface area contributed by atoms with Gasteiger partial charge in [-0.3, -0.25) is 9.89 Å². The molecule has 1 fully saturated rings. The molecule has 1 saturated heterocycles. The molecule has 1 aliphatic heterocycles. The van der Waals surface area contributed by atoms with Crippen molar-refractivity contribution in [2.24, 2.45) is 0 Å². The van der Waals surface area contributed by atoms with Gasteiger partial charge in [0, 0.05) is 29.6 Å². The lowest BCUT2D eigenvalue weighted by Crippen LogP contribution is -2.36. The van der Waals surface area contributed by atoms with E-state index in [9.17, 15) is 9.90 Å². The molecule has 3 rings (SSSR count). The van der Waals surface area contributed by atoms with Crippen LogP contribution in [-0.4, -0.2) is 38.7 Å². The van der Waals surface area contributed by atoms with Crippen molar-refractivity contribution in [3.05, 3.63) is 39.3 Å². The molecular weight excluding hydrogens is 322 g/mol. The lowest BCUT2D eigenvalue weighted by molar-refractivity contribution is -0.132. The molecule has 2 atom stereocenters. The first-order chi connectivity index (χ1) is 11.6. The van der Waals surface area contributed by atoms with Gasteiger partial charge in [-0.1, -0.05) is 6.07 Å². The Hall–Kier alpha value is -1.66. The maximum Gasteiger partial charge on any atom is 0.223 e. The van der Waals surface area contributed by atoms with Crippen molar-refractivity contribution in [2.45, 2.75) is 58.1 Å². The molecule has 2 aromatic heterocycles. The van der Waals surface area contributed by atoms with E-state index in [-0.39, 0.29) is 11.9 Å². The predicted octanol–water partition coefficient (Wildman–Crippen LogP) is 3.14. The Balaban J connectivity index is 1.57. The van der Waals surface area contributed by atoms with Gasteiger partial charge in [0.15, 0.2) is 0 Å². The minimum atomic E-state index is -0.471. The van der Waals surface area contributed by atoms with Gasteiger partial charge in [0.05, 0.1) is 11.8 Å². The number of amides is 1. The number of nitrogens with zero attached hydrogens (tertiary/aromatic N) is 2. The van der Waals surface area contributed by atoms with Crippen LogP contribution in [0.25, 0.3) is 0 Å². The Labute approximate surface area is 146 Å². The second kappa shape index (κ2) is 7.49. The van der Waals surface area contributed by atoms with Gasteiger partial charge in [0.25, 0.3) is 0 Å². The fraction of sp³-hybridized carbons (Fsp3) is 0.556. The average Bonchev–Trinajstić information content (AvgIpc) is 3.28. The Bertz CT molecular complexity index is 661. The summed E-state index contributed by atoms with van der Waals surface area (Å²) in [5, 5.41) is 19.5. The second-order valence-corrected chi connectivity index (χ2v) is 7.54. The second-order valence-electron chi connectivity index (χ2n) is 6.56. The van der Waals surface area contributed by atoms with Crippen molar-refractivity contribution in [2.75, 3.05) is 6.54 Å². The summed E-state index contributed by atoms with van der Waals surface area (Å²) in [4.78, 5) is 15.6. The van der Waals surface area contributed by atoms with E-state index in [1.807, 2.05) is 36.3 Å². The van der Waals surface area contributed by atoms with Crippen LogP contribution in [0.3, 0.4) is 0 Å². The lowest BCUT2D eigenvalue weighted by atomic mass is 10.0. The van der Waals surface area contributed by atoms with Gasteiger partial charge in [-0.25, -0.2) is 0 Å². The number of rotatable bonds is 6. The molecular formula is C18H25N3O2S. The van der Waals surface area contributed by atoms with E-state index in [0.29, 0.717) is 12.8 Å². The van der Waals surface area contributed by atoms with Gasteiger partial charge in [-0.05, 0) is 56.5 Å². The molecule has 0 aromatic carbocycles. The van der Waals surface area contributed by atoms with Crippen LogP contribution < -0.4 is 0 Å². The van der Waals surface area contributed by atoms with Gasteiger partial charge in [0.2, 0.25) is 5.91 Å². The molecule has 0 aliphatic carbocycles. The third-order valence-electron chi connectivity index (χ3n) is 4.93. The number of carbonyl (C=O) groups excluding carboxylic acids is 1. The quantitative estimate of drug-likeness (QED) is 0.843. The highest BCUT2D eigenvalue weighted by Gasteiger charge is 2.30. The van der Waals surface area contributed by atoms with Crippen LogP contribution >= 0.6 is 11.3 Å². The highest BCUT2D eigenvalue weighted by Crippen LogP contribution is 2.30. The van der Waals surface area contributed by atoms with Crippen LogP contribution in [0.4, 0.5) is 0 Å². The van der Waals surface area contributed by atoms with Crippen molar-refractivity contribution >= 4 is 17.2 Å². The van der Waals surface area contributed by atoms with Crippen LogP contribution in [0.2, 0.25) is 0 Å². The number of nitrogens with one attached hydrogen (secondary N) is 1. The predicted molar refractivity (Wildman–Crippen MR) is 95.0 cm³/mol. The highest BCUT2D eigenvalue weighted by atomic mass is 32.1. The van der Waals surface area contributed by atoms with E-state index in [0.717, 1.165) is 47.6 Å². The number of aromatic nitrogens is 2. The van der Waals surface area contributed by atoms with Crippen LogP contribution in [-0.2, 0) is 11.2 Å². The third-order valence-corrected chi connectivity index (χ3v) is 5.91. The molecule has 3 heterocycles. The summed E-state index contributed by atoms with van der Waals surface area (Å²) in [7, 11) is 0. The van der Waals surface area contributed by atoms with Gasteiger partial charge in [-0.15, -0.1) is 11.3 Å². The largest absolute Gasteiger partial charge is 0.387 e. The summed E-state index contributed by atoms with van der Waals surface area (Å²) in [5.41, 5.74) is 3.18. The van der Waals surface area contributed by atoms with Crippen molar-refractivity contribution in [1.29, 1.82) is 0 Å². The number of hydrogen-bond donors (Lipinski definition) is 2. The smallest absolute Gasteiger partial charge is 0.223 e. The Morgan fingerprint density at radius 1 is 1.54 bits per heavy atom. The van der Waals surface area contributed by atoms with Gasteiger partial charge in [0.1, 0.15) is 0 Å². The summed E-state index contributed by atoms with van der Waals surface area (Å²) in [5.74, 6) is 0.191. The Morgan fingerprint density at radius 2 is 2.38 bits per heavy atom. The monoisotopic (exact) mass is 347 g/mol. The molecule has 0 saturated carbocycles. The van der Waals surface area contributed by atoms with Crippen LogP contribution in [0, 0.1) is 13.8 Å². The number of H-pyrrole nitrogens is 1. The molecule has 0 bridgehead atoms. The zero-order valence-electron chi connectivity index (χ0n) is 14.3. The fourth-order valence-electron chi connectivity index (χ4n) is 3.58. The van der Waals surface area contributed by atoms with Gasteiger partial charge in [-0.2, -0.15) is 5.10 Å².